The molecular formula is C23H21ClFNO4S. The minimum Gasteiger partial charge on any atom is -0.379 e. The average Bonchev–Trinajstić information content (AvgIpc) is 2.72. The van der Waals surface area contributed by atoms with Gasteiger partial charge in [-0.05, 0) is 74.0 Å². The molecule has 0 heterocycles. The number of hydrogen-bond acceptors (Lipinski definition) is 4. The minimum atomic E-state index is -4.08. The highest BCUT2D eigenvalue weighted by Gasteiger charge is 2.20. The maximum Gasteiger partial charge on any atom is 0.339 e. The fourth-order valence-corrected chi connectivity index (χ4v) is 4.02. The van der Waals surface area contributed by atoms with Crippen LogP contribution in [0.2, 0.25) is 5.02 Å². The summed E-state index contributed by atoms with van der Waals surface area (Å²) in [6, 6.07) is 17.5. The minimum absolute atomic E-state index is 0.0683. The summed E-state index contributed by atoms with van der Waals surface area (Å²) >= 11 is 6.00. The van der Waals surface area contributed by atoms with Crippen LogP contribution in [0.4, 0.5) is 4.39 Å². The Hall–Kier alpha value is -2.90. The summed E-state index contributed by atoms with van der Waals surface area (Å²) in [7, 11) is -4.08. The van der Waals surface area contributed by atoms with Gasteiger partial charge in [-0.3, -0.25) is 4.79 Å². The quantitative estimate of drug-likeness (QED) is 0.448. The van der Waals surface area contributed by atoms with Crippen LogP contribution in [0.1, 0.15) is 29.8 Å². The number of halogens is 2. The summed E-state index contributed by atoms with van der Waals surface area (Å²) in [5.41, 5.74) is 1.29. The number of carbonyl (C=O) groups is 1. The molecule has 162 valence electrons. The van der Waals surface area contributed by atoms with Gasteiger partial charge in [-0.2, -0.15) is 8.42 Å². The van der Waals surface area contributed by atoms with E-state index in [1.807, 2.05) is 13.8 Å². The molecule has 31 heavy (non-hydrogen) atoms. The molecule has 3 aromatic carbocycles. The molecule has 0 atom stereocenters. The average molecular weight is 462 g/mol. The van der Waals surface area contributed by atoms with E-state index in [2.05, 4.69) is 0 Å². The Labute approximate surface area is 186 Å². The molecule has 0 N–H and O–H groups in total. The van der Waals surface area contributed by atoms with Gasteiger partial charge in [0.1, 0.15) is 16.5 Å². The van der Waals surface area contributed by atoms with E-state index in [9.17, 15) is 17.6 Å². The van der Waals surface area contributed by atoms with Crippen LogP contribution in [0.25, 0.3) is 0 Å². The topological polar surface area (TPSA) is 63.7 Å². The van der Waals surface area contributed by atoms with Crippen molar-refractivity contribution in [2.24, 2.45) is 0 Å². The molecule has 0 aliphatic heterocycles. The van der Waals surface area contributed by atoms with Crippen molar-refractivity contribution in [3.63, 3.8) is 0 Å². The van der Waals surface area contributed by atoms with Gasteiger partial charge in [-0.25, -0.2) is 4.39 Å². The standard InChI is InChI=1S/C23H21ClFNO4S/c1-16(2)26(23(27)18-4-3-5-19(24)14-18)15-17-6-10-21(11-7-17)30-31(28,29)22-12-8-20(25)9-13-22/h3-14,16H,15H2,1-2H3. The third kappa shape index (κ3) is 5.83. The molecule has 5 nitrogen and oxygen atoms in total. The summed E-state index contributed by atoms with van der Waals surface area (Å²) in [5.74, 6) is -0.576. The highest BCUT2D eigenvalue weighted by Crippen LogP contribution is 2.21. The Morgan fingerprint density at radius 2 is 1.68 bits per heavy atom. The number of carbonyl (C=O) groups excluding carboxylic acids is 1. The van der Waals surface area contributed by atoms with Crippen molar-refractivity contribution in [1.82, 2.24) is 4.90 Å². The molecule has 1 amide bonds. The van der Waals surface area contributed by atoms with Crippen molar-refractivity contribution >= 4 is 27.6 Å². The van der Waals surface area contributed by atoms with E-state index >= 15 is 0 Å². The van der Waals surface area contributed by atoms with E-state index in [4.69, 9.17) is 15.8 Å². The third-order valence-electron chi connectivity index (χ3n) is 4.54. The molecule has 8 heteroatoms. The van der Waals surface area contributed by atoms with Gasteiger partial charge >= 0.3 is 10.1 Å². The molecule has 0 radical (unpaired) electrons. The van der Waals surface area contributed by atoms with Gasteiger partial charge in [0.15, 0.2) is 0 Å². The van der Waals surface area contributed by atoms with Crippen LogP contribution < -0.4 is 4.18 Å². The van der Waals surface area contributed by atoms with Crippen LogP contribution >= 0.6 is 11.6 Å². The van der Waals surface area contributed by atoms with E-state index in [0.717, 1.165) is 29.8 Å². The second kappa shape index (κ2) is 9.49. The summed E-state index contributed by atoms with van der Waals surface area (Å²) in [4.78, 5) is 14.5. The zero-order chi connectivity index (χ0) is 22.6. The Morgan fingerprint density at radius 1 is 1.03 bits per heavy atom. The first-order chi connectivity index (χ1) is 14.7. The van der Waals surface area contributed by atoms with Gasteiger partial charge in [-0.15, -0.1) is 0 Å². The SMILES string of the molecule is CC(C)N(Cc1ccc(OS(=O)(=O)c2ccc(F)cc2)cc1)C(=O)c1cccc(Cl)c1. The summed E-state index contributed by atoms with van der Waals surface area (Å²) in [6.07, 6.45) is 0. The molecule has 0 aliphatic carbocycles. The van der Waals surface area contributed by atoms with Crippen LogP contribution in [-0.2, 0) is 16.7 Å². The second-order valence-corrected chi connectivity index (χ2v) is 9.16. The van der Waals surface area contributed by atoms with Crippen LogP contribution in [0.5, 0.6) is 5.75 Å². The Balaban J connectivity index is 1.74. The van der Waals surface area contributed by atoms with Crippen molar-refractivity contribution in [1.29, 1.82) is 0 Å². The van der Waals surface area contributed by atoms with Gasteiger partial charge in [0.25, 0.3) is 5.91 Å². The lowest BCUT2D eigenvalue weighted by molar-refractivity contribution is 0.0690. The van der Waals surface area contributed by atoms with Crippen LogP contribution in [0.15, 0.2) is 77.7 Å². The molecule has 0 fully saturated rings. The second-order valence-electron chi connectivity index (χ2n) is 7.17. The smallest absolute Gasteiger partial charge is 0.339 e. The Bertz CT molecular complexity index is 1160. The zero-order valence-corrected chi connectivity index (χ0v) is 18.5. The fourth-order valence-electron chi connectivity index (χ4n) is 2.90. The number of benzene rings is 3. The van der Waals surface area contributed by atoms with Crippen molar-refractivity contribution < 1.29 is 21.8 Å². The van der Waals surface area contributed by atoms with E-state index in [1.54, 1.807) is 41.3 Å². The van der Waals surface area contributed by atoms with E-state index < -0.39 is 15.9 Å². The summed E-state index contributed by atoms with van der Waals surface area (Å²) < 4.78 is 42.8. The predicted octanol–water partition coefficient (Wildman–Crippen LogP) is 5.30. The van der Waals surface area contributed by atoms with Crippen molar-refractivity contribution in [2.45, 2.75) is 31.3 Å². The first-order valence-corrected chi connectivity index (χ1v) is 11.3. The molecule has 0 bridgehead atoms. The lowest BCUT2D eigenvalue weighted by Crippen LogP contribution is -2.36. The van der Waals surface area contributed by atoms with E-state index in [-0.39, 0.29) is 22.6 Å². The van der Waals surface area contributed by atoms with E-state index in [1.165, 1.54) is 12.1 Å². The van der Waals surface area contributed by atoms with Crippen LogP contribution in [-0.4, -0.2) is 25.3 Å². The Kier molecular flexibility index (Phi) is 6.97. The molecule has 0 spiro atoms. The molecule has 0 saturated carbocycles. The zero-order valence-electron chi connectivity index (χ0n) is 17.0. The monoisotopic (exact) mass is 461 g/mol. The molecule has 3 aromatic rings. The summed E-state index contributed by atoms with van der Waals surface area (Å²) in [5, 5.41) is 0.485. The molecular weight excluding hydrogens is 441 g/mol. The number of rotatable bonds is 7. The van der Waals surface area contributed by atoms with Crippen molar-refractivity contribution in [3.05, 3.63) is 94.8 Å². The van der Waals surface area contributed by atoms with Gasteiger partial charge in [0, 0.05) is 23.2 Å². The van der Waals surface area contributed by atoms with Gasteiger partial charge in [0.05, 0.1) is 0 Å². The highest BCUT2D eigenvalue weighted by atomic mass is 35.5. The number of hydrogen-bond donors (Lipinski definition) is 0. The molecule has 3 rings (SSSR count). The number of amides is 1. The lowest BCUT2D eigenvalue weighted by atomic mass is 10.1. The van der Waals surface area contributed by atoms with Gasteiger partial charge in [-0.1, -0.05) is 29.8 Å². The van der Waals surface area contributed by atoms with E-state index in [0.29, 0.717) is 17.1 Å². The van der Waals surface area contributed by atoms with Crippen LogP contribution in [0.3, 0.4) is 0 Å². The largest absolute Gasteiger partial charge is 0.379 e. The third-order valence-corrected chi connectivity index (χ3v) is 6.04. The molecule has 0 aliphatic rings. The predicted molar refractivity (Wildman–Crippen MR) is 117 cm³/mol. The maximum absolute atomic E-state index is 13.0. The van der Waals surface area contributed by atoms with Gasteiger partial charge in [0.2, 0.25) is 0 Å². The van der Waals surface area contributed by atoms with Crippen LogP contribution in [0, 0.1) is 5.82 Å². The van der Waals surface area contributed by atoms with Gasteiger partial charge < -0.3 is 9.08 Å². The highest BCUT2D eigenvalue weighted by molar-refractivity contribution is 7.87. The fraction of sp³-hybridized carbons (Fsp3) is 0.174. The first-order valence-electron chi connectivity index (χ1n) is 9.51. The summed E-state index contributed by atoms with van der Waals surface area (Å²) in [6.45, 7) is 4.15. The molecule has 0 saturated heterocycles. The molecule has 0 aromatic heterocycles. The Morgan fingerprint density at radius 3 is 2.26 bits per heavy atom. The van der Waals surface area contributed by atoms with Crippen molar-refractivity contribution in [3.8, 4) is 5.75 Å². The lowest BCUT2D eigenvalue weighted by Gasteiger charge is -2.27. The van der Waals surface area contributed by atoms with Crippen molar-refractivity contribution in [2.75, 3.05) is 0 Å². The first kappa shape index (κ1) is 22.8. The normalized spacial score (nSPS) is 11.4. The maximum atomic E-state index is 13.0. The number of nitrogens with zero attached hydrogens (tertiary/aromatic N) is 1. The molecule has 0 unspecified atom stereocenters.